The van der Waals surface area contributed by atoms with Crippen LogP contribution in [0.3, 0.4) is 0 Å². The molecule has 1 unspecified atom stereocenters. The lowest BCUT2D eigenvalue weighted by Gasteiger charge is -2.13. The second-order valence-electron chi connectivity index (χ2n) is 3.45. The van der Waals surface area contributed by atoms with Gasteiger partial charge in [-0.15, -0.1) is 14.8 Å². The van der Waals surface area contributed by atoms with Gasteiger partial charge in [-0.05, 0) is 36.4 Å². The Morgan fingerprint density at radius 2 is 2.38 bits per heavy atom. The Bertz CT molecular complexity index is 456. The van der Waals surface area contributed by atoms with E-state index in [1.54, 1.807) is 0 Å². The van der Waals surface area contributed by atoms with Crippen molar-refractivity contribution in [1.29, 1.82) is 0 Å². The lowest BCUT2D eigenvalue weighted by molar-refractivity contribution is 0.141. The fourth-order valence-electron chi connectivity index (χ4n) is 1.32. The molecule has 2 heterocycles. The normalized spacial score (nSPS) is 12.9. The first-order valence-electron chi connectivity index (χ1n) is 5.19. The predicted molar refractivity (Wildman–Crippen MR) is 58.2 cm³/mol. The predicted octanol–water partition coefficient (Wildman–Crippen LogP) is 0.356. The van der Waals surface area contributed by atoms with Crippen molar-refractivity contribution in [2.75, 3.05) is 18.5 Å². The van der Waals surface area contributed by atoms with E-state index >= 15 is 0 Å². The van der Waals surface area contributed by atoms with E-state index in [-0.39, 0.29) is 6.04 Å². The molecule has 2 rings (SSSR count). The van der Waals surface area contributed by atoms with Crippen molar-refractivity contribution in [3.05, 3.63) is 12.1 Å². The summed E-state index contributed by atoms with van der Waals surface area (Å²) in [4.78, 5) is 0. The van der Waals surface area contributed by atoms with E-state index in [4.69, 9.17) is 4.74 Å². The van der Waals surface area contributed by atoms with E-state index in [1.807, 2.05) is 26.0 Å². The van der Waals surface area contributed by atoms with Crippen LogP contribution in [0.4, 0.5) is 5.82 Å². The van der Waals surface area contributed by atoms with Crippen molar-refractivity contribution >= 4 is 11.5 Å². The van der Waals surface area contributed by atoms with Crippen LogP contribution in [0.2, 0.25) is 0 Å². The molecule has 0 aliphatic rings. The molecule has 16 heavy (non-hydrogen) atoms. The third kappa shape index (κ3) is 2.43. The summed E-state index contributed by atoms with van der Waals surface area (Å²) in [6.45, 7) is 5.36. The number of aromatic nitrogens is 5. The zero-order valence-electron chi connectivity index (χ0n) is 9.29. The molecule has 7 nitrogen and oxygen atoms in total. The smallest absolute Gasteiger partial charge is 0.200 e. The van der Waals surface area contributed by atoms with Crippen LogP contribution in [-0.2, 0) is 4.74 Å². The van der Waals surface area contributed by atoms with E-state index in [0.717, 1.165) is 5.82 Å². The summed E-state index contributed by atoms with van der Waals surface area (Å²) in [5.41, 5.74) is 0.628. The molecule has 2 aromatic rings. The van der Waals surface area contributed by atoms with Gasteiger partial charge in [0.1, 0.15) is 5.82 Å². The van der Waals surface area contributed by atoms with Crippen LogP contribution in [0.5, 0.6) is 0 Å². The molecule has 0 fully saturated rings. The standard InChI is InChI=1S/C9H14N6O/c1-3-16-6-7(2)10-8-4-5-9-11-13-14-15(9)12-8/h4-5,7H,3,6H2,1-2H3,(H,10,12). The Morgan fingerprint density at radius 3 is 3.19 bits per heavy atom. The van der Waals surface area contributed by atoms with Gasteiger partial charge in [-0.25, -0.2) is 0 Å². The van der Waals surface area contributed by atoms with Crippen LogP contribution in [0.25, 0.3) is 5.65 Å². The SMILES string of the molecule is CCOCC(C)Nc1ccc2nnnn2n1. The van der Waals surface area contributed by atoms with E-state index in [2.05, 4.69) is 25.9 Å². The molecule has 0 aliphatic carbocycles. The number of fused-ring (bicyclic) bond motifs is 1. The number of hydrogen-bond acceptors (Lipinski definition) is 6. The van der Waals surface area contributed by atoms with Gasteiger partial charge in [0.05, 0.1) is 6.61 Å². The van der Waals surface area contributed by atoms with Crippen LogP contribution in [0, 0.1) is 0 Å². The first kappa shape index (κ1) is 10.7. The first-order valence-corrected chi connectivity index (χ1v) is 5.19. The molecule has 86 valence electrons. The highest BCUT2D eigenvalue weighted by molar-refractivity contribution is 5.42. The Kier molecular flexibility index (Phi) is 3.25. The minimum Gasteiger partial charge on any atom is -0.380 e. The van der Waals surface area contributed by atoms with Crippen molar-refractivity contribution in [3.8, 4) is 0 Å². The molecule has 1 atom stereocenters. The molecule has 0 aliphatic heterocycles. The molecular formula is C9H14N6O. The summed E-state index contributed by atoms with van der Waals surface area (Å²) in [5, 5.41) is 18.4. The summed E-state index contributed by atoms with van der Waals surface area (Å²) < 4.78 is 6.69. The van der Waals surface area contributed by atoms with Crippen molar-refractivity contribution in [3.63, 3.8) is 0 Å². The monoisotopic (exact) mass is 222 g/mol. The number of nitrogens with zero attached hydrogens (tertiary/aromatic N) is 5. The Morgan fingerprint density at radius 1 is 1.50 bits per heavy atom. The molecule has 7 heteroatoms. The third-order valence-electron chi connectivity index (χ3n) is 2.04. The minimum absolute atomic E-state index is 0.196. The number of anilines is 1. The highest BCUT2D eigenvalue weighted by atomic mass is 16.5. The second-order valence-corrected chi connectivity index (χ2v) is 3.45. The van der Waals surface area contributed by atoms with E-state index in [1.165, 1.54) is 4.63 Å². The first-order chi connectivity index (χ1) is 7.79. The lowest BCUT2D eigenvalue weighted by atomic mass is 10.3. The quantitative estimate of drug-likeness (QED) is 0.786. The van der Waals surface area contributed by atoms with Crippen molar-refractivity contribution in [2.45, 2.75) is 19.9 Å². The van der Waals surface area contributed by atoms with Crippen LogP contribution in [0.1, 0.15) is 13.8 Å². The summed E-state index contributed by atoms with van der Waals surface area (Å²) in [6.07, 6.45) is 0. The van der Waals surface area contributed by atoms with E-state index in [9.17, 15) is 0 Å². The maximum atomic E-state index is 5.30. The van der Waals surface area contributed by atoms with Crippen LogP contribution >= 0.6 is 0 Å². The van der Waals surface area contributed by atoms with Gasteiger partial charge < -0.3 is 10.1 Å². The molecule has 0 amide bonds. The molecule has 0 saturated heterocycles. The number of ether oxygens (including phenoxy) is 1. The highest BCUT2D eigenvalue weighted by Crippen LogP contribution is 2.05. The topological polar surface area (TPSA) is 77.2 Å². The number of tetrazole rings is 1. The average Bonchev–Trinajstić information content (AvgIpc) is 2.73. The molecule has 2 aromatic heterocycles. The molecule has 0 aromatic carbocycles. The molecular weight excluding hydrogens is 208 g/mol. The van der Waals surface area contributed by atoms with Gasteiger partial charge in [0.2, 0.25) is 0 Å². The number of hydrogen-bond donors (Lipinski definition) is 1. The highest BCUT2D eigenvalue weighted by Gasteiger charge is 2.04. The molecule has 0 saturated carbocycles. The number of nitrogens with one attached hydrogen (secondary N) is 1. The van der Waals surface area contributed by atoms with Gasteiger partial charge in [0.15, 0.2) is 5.65 Å². The van der Waals surface area contributed by atoms with Crippen molar-refractivity contribution in [2.24, 2.45) is 0 Å². The van der Waals surface area contributed by atoms with Crippen molar-refractivity contribution < 1.29 is 4.74 Å². The zero-order valence-corrected chi connectivity index (χ0v) is 9.29. The summed E-state index contributed by atoms with van der Waals surface area (Å²) in [6, 6.07) is 3.85. The maximum absolute atomic E-state index is 5.30. The van der Waals surface area contributed by atoms with Gasteiger partial charge in [-0.1, -0.05) is 0 Å². The zero-order chi connectivity index (χ0) is 11.4. The molecule has 1 N–H and O–H groups in total. The summed E-state index contributed by atoms with van der Waals surface area (Å²) in [5.74, 6) is 0.729. The van der Waals surface area contributed by atoms with Crippen LogP contribution in [-0.4, -0.2) is 44.5 Å². The lowest BCUT2D eigenvalue weighted by Crippen LogP contribution is -2.22. The fourth-order valence-corrected chi connectivity index (χ4v) is 1.32. The fraction of sp³-hybridized carbons (Fsp3) is 0.556. The van der Waals surface area contributed by atoms with Gasteiger partial charge >= 0.3 is 0 Å². The Labute approximate surface area is 92.8 Å². The van der Waals surface area contributed by atoms with Crippen LogP contribution in [0.15, 0.2) is 12.1 Å². The van der Waals surface area contributed by atoms with Gasteiger partial charge in [-0.3, -0.25) is 0 Å². The second kappa shape index (κ2) is 4.84. The van der Waals surface area contributed by atoms with Crippen molar-refractivity contribution in [1.82, 2.24) is 25.3 Å². The van der Waals surface area contributed by atoms with E-state index in [0.29, 0.717) is 18.9 Å². The van der Waals surface area contributed by atoms with Crippen LogP contribution < -0.4 is 5.32 Å². The third-order valence-corrected chi connectivity index (χ3v) is 2.04. The van der Waals surface area contributed by atoms with E-state index < -0.39 is 0 Å². The van der Waals surface area contributed by atoms with Gasteiger partial charge in [0.25, 0.3) is 0 Å². The summed E-state index contributed by atoms with van der Waals surface area (Å²) in [7, 11) is 0. The Balaban J connectivity index is 2.03. The Hall–Kier alpha value is -1.76. The minimum atomic E-state index is 0.196. The molecule has 0 bridgehead atoms. The molecule has 0 radical (unpaired) electrons. The maximum Gasteiger partial charge on any atom is 0.200 e. The molecule has 0 spiro atoms. The van der Waals surface area contributed by atoms with Gasteiger partial charge in [0, 0.05) is 12.6 Å². The average molecular weight is 222 g/mol. The summed E-state index contributed by atoms with van der Waals surface area (Å²) >= 11 is 0. The largest absolute Gasteiger partial charge is 0.380 e. The number of rotatable bonds is 5. The van der Waals surface area contributed by atoms with Gasteiger partial charge in [-0.2, -0.15) is 0 Å².